The summed E-state index contributed by atoms with van der Waals surface area (Å²) in [6.45, 7) is 2.93. The highest BCUT2D eigenvalue weighted by atomic mass is 16.5. The maximum absolute atomic E-state index is 10.9. The number of likely N-dealkylation sites (N-methyl/N-ethyl adjacent to an activating group) is 1. The molecular weight excluding hydrogens is 302 g/mol. The van der Waals surface area contributed by atoms with E-state index in [0.717, 1.165) is 24.9 Å². The smallest absolute Gasteiger partial charge is 0.308 e. The van der Waals surface area contributed by atoms with Crippen LogP contribution in [0.2, 0.25) is 0 Å². The number of aliphatic hydroxyl groups is 1. The molecule has 128 valence electrons. The Kier molecular flexibility index (Phi) is 6.97. The molecule has 1 atom stereocenters. The van der Waals surface area contributed by atoms with Crippen LogP contribution >= 0.6 is 0 Å². The van der Waals surface area contributed by atoms with Crippen molar-refractivity contribution in [1.82, 2.24) is 4.90 Å². The first-order valence-corrected chi connectivity index (χ1v) is 8.23. The van der Waals surface area contributed by atoms with E-state index in [2.05, 4.69) is 4.90 Å². The van der Waals surface area contributed by atoms with Crippen molar-refractivity contribution < 1.29 is 14.6 Å². The Bertz CT molecular complexity index is 625. The maximum Gasteiger partial charge on any atom is 0.308 e. The molecule has 0 bridgehead atoms. The van der Waals surface area contributed by atoms with Crippen LogP contribution in [0.5, 0.6) is 5.75 Å². The number of aliphatic hydroxyl groups excluding tert-OH is 1. The third kappa shape index (κ3) is 6.14. The standard InChI is InChI=1S/C20H25NO3/c1-16(22)24-19-12-10-17(11-13-19)7-6-14-21(2)15-20(23)18-8-4-3-5-9-18/h3-5,8-13,20,23H,6-7,14-15H2,1-2H3/t20-/m1/s1. The van der Waals surface area contributed by atoms with Crippen molar-refractivity contribution in [3.63, 3.8) is 0 Å². The lowest BCUT2D eigenvalue weighted by atomic mass is 10.1. The molecule has 0 unspecified atom stereocenters. The average Bonchev–Trinajstić information content (AvgIpc) is 2.57. The Morgan fingerprint density at radius 2 is 1.79 bits per heavy atom. The second-order valence-corrected chi connectivity index (χ2v) is 6.03. The Hall–Kier alpha value is -2.17. The second-order valence-electron chi connectivity index (χ2n) is 6.03. The zero-order chi connectivity index (χ0) is 17.4. The van der Waals surface area contributed by atoms with Crippen LogP contribution in [-0.4, -0.2) is 36.1 Å². The quantitative estimate of drug-likeness (QED) is 0.597. The average molecular weight is 327 g/mol. The van der Waals surface area contributed by atoms with Crippen molar-refractivity contribution in [3.8, 4) is 5.75 Å². The first kappa shape index (κ1) is 18.2. The molecule has 1 N–H and O–H groups in total. The van der Waals surface area contributed by atoms with E-state index in [-0.39, 0.29) is 5.97 Å². The van der Waals surface area contributed by atoms with E-state index in [4.69, 9.17) is 4.74 Å². The summed E-state index contributed by atoms with van der Waals surface area (Å²) < 4.78 is 5.02. The van der Waals surface area contributed by atoms with Gasteiger partial charge in [0.1, 0.15) is 5.75 Å². The van der Waals surface area contributed by atoms with E-state index in [0.29, 0.717) is 12.3 Å². The highest BCUT2D eigenvalue weighted by Gasteiger charge is 2.10. The lowest BCUT2D eigenvalue weighted by molar-refractivity contribution is -0.131. The van der Waals surface area contributed by atoms with Gasteiger partial charge in [-0.05, 0) is 49.7 Å². The van der Waals surface area contributed by atoms with E-state index in [1.807, 2.05) is 61.6 Å². The summed E-state index contributed by atoms with van der Waals surface area (Å²) in [5.74, 6) is 0.274. The number of carbonyl (C=O) groups is 1. The minimum Gasteiger partial charge on any atom is -0.427 e. The molecule has 0 spiro atoms. The van der Waals surface area contributed by atoms with Gasteiger partial charge in [0.05, 0.1) is 6.10 Å². The normalized spacial score (nSPS) is 12.2. The largest absolute Gasteiger partial charge is 0.427 e. The highest BCUT2D eigenvalue weighted by molar-refractivity contribution is 5.69. The van der Waals surface area contributed by atoms with E-state index >= 15 is 0 Å². The van der Waals surface area contributed by atoms with Gasteiger partial charge in [-0.2, -0.15) is 0 Å². The summed E-state index contributed by atoms with van der Waals surface area (Å²) >= 11 is 0. The summed E-state index contributed by atoms with van der Waals surface area (Å²) in [5.41, 5.74) is 2.16. The molecule has 0 amide bonds. The summed E-state index contributed by atoms with van der Waals surface area (Å²) in [6, 6.07) is 17.3. The molecule has 0 saturated carbocycles. The summed E-state index contributed by atoms with van der Waals surface area (Å²) in [4.78, 5) is 13.0. The van der Waals surface area contributed by atoms with Gasteiger partial charge >= 0.3 is 5.97 Å². The Balaban J connectivity index is 1.72. The Morgan fingerprint density at radius 1 is 1.12 bits per heavy atom. The van der Waals surface area contributed by atoms with Gasteiger partial charge in [-0.1, -0.05) is 42.5 Å². The molecule has 4 nitrogen and oxygen atoms in total. The molecule has 0 aliphatic carbocycles. The molecule has 0 aromatic heterocycles. The van der Waals surface area contributed by atoms with Gasteiger partial charge in [-0.25, -0.2) is 0 Å². The third-order valence-electron chi connectivity index (χ3n) is 3.86. The van der Waals surface area contributed by atoms with Crippen molar-refractivity contribution in [2.45, 2.75) is 25.9 Å². The fraction of sp³-hybridized carbons (Fsp3) is 0.350. The van der Waals surface area contributed by atoms with Crippen LogP contribution in [0.1, 0.15) is 30.6 Å². The number of rotatable bonds is 8. The van der Waals surface area contributed by atoms with E-state index in [9.17, 15) is 9.90 Å². The van der Waals surface area contributed by atoms with Gasteiger partial charge < -0.3 is 14.7 Å². The van der Waals surface area contributed by atoms with Crippen molar-refractivity contribution >= 4 is 5.97 Å². The fourth-order valence-corrected chi connectivity index (χ4v) is 2.61. The first-order valence-electron chi connectivity index (χ1n) is 8.23. The first-order chi connectivity index (χ1) is 11.5. The van der Waals surface area contributed by atoms with Gasteiger partial charge in [-0.3, -0.25) is 4.79 Å². The van der Waals surface area contributed by atoms with Crippen molar-refractivity contribution in [3.05, 3.63) is 65.7 Å². The molecule has 0 heterocycles. The number of ether oxygens (including phenoxy) is 1. The molecule has 2 aromatic carbocycles. The summed E-state index contributed by atoms with van der Waals surface area (Å²) in [5, 5.41) is 10.2. The number of carbonyl (C=O) groups excluding carboxylic acids is 1. The minimum absolute atomic E-state index is 0.304. The van der Waals surface area contributed by atoms with E-state index in [1.54, 1.807) is 0 Å². The fourth-order valence-electron chi connectivity index (χ4n) is 2.61. The highest BCUT2D eigenvalue weighted by Crippen LogP contribution is 2.15. The summed E-state index contributed by atoms with van der Waals surface area (Å²) in [7, 11) is 2.02. The van der Waals surface area contributed by atoms with Crippen molar-refractivity contribution in [2.75, 3.05) is 20.1 Å². The maximum atomic E-state index is 10.9. The van der Waals surface area contributed by atoms with Gasteiger partial charge in [0.25, 0.3) is 0 Å². The van der Waals surface area contributed by atoms with Crippen molar-refractivity contribution in [2.24, 2.45) is 0 Å². The lowest BCUT2D eigenvalue weighted by Crippen LogP contribution is -2.26. The Morgan fingerprint density at radius 3 is 2.42 bits per heavy atom. The van der Waals surface area contributed by atoms with Crippen LogP contribution in [0.4, 0.5) is 0 Å². The molecule has 0 fully saturated rings. The topological polar surface area (TPSA) is 49.8 Å². The number of aryl methyl sites for hydroxylation is 1. The number of esters is 1. The zero-order valence-corrected chi connectivity index (χ0v) is 14.3. The van der Waals surface area contributed by atoms with E-state index in [1.165, 1.54) is 12.5 Å². The van der Waals surface area contributed by atoms with Crippen LogP contribution in [-0.2, 0) is 11.2 Å². The number of hydrogen-bond donors (Lipinski definition) is 1. The van der Waals surface area contributed by atoms with Crippen LogP contribution in [0.25, 0.3) is 0 Å². The molecule has 4 heteroatoms. The van der Waals surface area contributed by atoms with Crippen LogP contribution in [0, 0.1) is 0 Å². The lowest BCUT2D eigenvalue weighted by Gasteiger charge is -2.20. The van der Waals surface area contributed by atoms with Crippen LogP contribution in [0.15, 0.2) is 54.6 Å². The number of nitrogens with zero attached hydrogens (tertiary/aromatic N) is 1. The van der Waals surface area contributed by atoms with Gasteiger partial charge in [0, 0.05) is 13.5 Å². The van der Waals surface area contributed by atoms with Gasteiger partial charge in [0.15, 0.2) is 0 Å². The summed E-state index contributed by atoms with van der Waals surface area (Å²) in [6.07, 6.45) is 1.50. The zero-order valence-electron chi connectivity index (χ0n) is 14.3. The van der Waals surface area contributed by atoms with Gasteiger partial charge in [0.2, 0.25) is 0 Å². The van der Waals surface area contributed by atoms with Crippen molar-refractivity contribution in [1.29, 1.82) is 0 Å². The molecule has 24 heavy (non-hydrogen) atoms. The number of benzene rings is 2. The van der Waals surface area contributed by atoms with Gasteiger partial charge in [-0.15, -0.1) is 0 Å². The molecular formula is C20H25NO3. The predicted octanol–water partition coefficient (Wildman–Crippen LogP) is 3.21. The predicted molar refractivity (Wildman–Crippen MR) is 95.0 cm³/mol. The minimum atomic E-state index is -0.459. The van der Waals surface area contributed by atoms with Crippen LogP contribution < -0.4 is 4.74 Å². The second kappa shape index (κ2) is 9.21. The number of hydrogen-bond acceptors (Lipinski definition) is 4. The molecule has 0 aliphatic heterocycles. The molecule has 0 aliphatic rings. The third-order valence-corrected chi connectivity index (χ3v) is 3.86. The van der Waals surface area contributed by atoms with E-state index < -0.39 is 6.10 Å². The SMILES string of the molecule is CC(=O)Oc1ccc(CCCN(C)C[C@@H](O)c2ccccc2)cc1. The monoisotopic (exact) mass is 327 g/mol. The Labute approximate surface area is 143 Å². The molecule has 0 radical (unpaired) electrons. The molecule has 2 rings (SSSR count). The van der Waals surface area contributed by atoms with Crippen LogP contribution in [0.3, 0.4) is 0 Å². The molecule has 2 aromatic rings. The molecule has 0 saturated heterocycles.